The van der Waals surface area contributed by atoms with Gasteiger partial charge in [0, 0.05) is 6.08 Å². The zero-order chi connectivity index (χ0) is 17.9. The maximum atomic E-state index is 11.3. The van der Waals surface area contributed by atoms with Crippen molar-refractivity contribution in [3.8, 4) is 11.5 Å². The number of allylic oxidation sites excluding steroid dienone is 1. The van der Waals surface area contributed by atoms with Gasteiger partial charge in [0.2, 0.25) is 0 Å². The second-order valence-electron chi connectivity index (χ2n) is 5.42. The molecule has 0 aromatic heterocycles. The van der Waals surface area contributed by atoms with Crippen LogP contribution < -0.4 is 9.47 Å². The molecular weight excluding hydrogens is 316 g/mol. The van der Waals surface area contributed by atoms with Crippen molar-refractivity contribution in [2.75, 3.05) is 13.7 Å². The number of hydrogen-bond donors (Lipinski definition) is 0. The van der Waals surface area contributed by atoms with Gasteiger partial charge in [-0.05, 0) is 37.0 Å². The van der Waals surface area contributed by atoms with Gasteiger partial charge in [-0.25, -0.2) is 4.79 Å². The van der Waals surface area contributed by atoms with Gasteiger partial charge in [-0.2, -0.15) is 0 Å². The van der Waals surface area contributed by atoms with Crippen molar-refractivity contribution in [2.24, 2.45) is 0 Å². The van der Waals surface area contributed by atoms with Gasteiger partial charge >= 0.3 is 5.97 Å². The first-order valence-corrected chi connectivity index (χ1v) is 8.40. The second kappa shape index (κ2) is 10.2. The molecule has 0 unspecified atom stereocenters. The van der Waals surface area contributed by atoms with E-state index in [1.165, 1.54) is 6.08 Å². The number of aryl methyl sites for hydroxylation is 1. The fourth-order valence-corrected chi connectivity index (χ4v) is 2.42. The first kappa shape index (κ1) is 18.6. The molecule has 0 atom stereocenters. The molecule has 0 heterocycles. The highest BCUT2D eigenvalue weighted by molar-refractivity contribution is 5.81. The zero-order valence-electron chi connectivity index (χ0n) is 14.7. The molecule has 2 rings (SSSR count). The van der Waals surface area contributed by atoms with E-state index >= 15 is 0 Å². The van der Waals surface area contributed by atoms with E-state index in [-0.39, 0.29) is 5.97 Å². The summed E-state index contributed by atoms with van der Waals surface area (Å²) in [6.07, 6.45) is 4.75. The van der Waals surface area contributed by atoms with Crippen LogP contribution in [0, 0.1) is 0 Å². The molecule has 0 saturated carbocycles. The fraction of sp³-hybridized carbons (Fsp3) is 0.286. The summed E-state index contributed by atoms with van der Waals surface area (Å²) in [7, 11) is 1.63. The van der Waals surface area contributed by atoms with Crippen molar-refractivity contribution in [3.63, 3.8) is 0 Å². The molecule has 2 aromatic carbocycles. The molecule has 0 aliphatic rings. The minimum Gasteiger partial charge on any atom is -0.493 e. The number of carbonyl (C=O) groups excluding carboxylic acids is 1. The van der Waals surface area contributed by atoms with E-state index in [1.54, 1.807) is 14.0 Å². The molecule has 0 aliphatic heterocycles. The minimum atomic E-state index is -0.311. The summed E-state index contributed by atoms with van der Waals surface area (Å²) in [4.78, 5) is 11.3. The van der Waals surface area contributed by atoms with E-state index in [0.717, 1.165) is 23.3 Å². The standard InChI is InChI=1S/C21H24O4/c1-3-24-20(22)15-8-7-12-18-13-9-14-19(23-2)21(18)25-16-17-10-5-4-6-11-17/h4-6,8-11,13-15H,3,7,12,16H2,1-2H3/b15-8+. The number of ether oxygens (including phenoxy) is 3. The van der Waals surface area contributed by atoms with Crippen LogP contribution in [-0.2, 0) is 22.6 Å². The molecule has 0 aliphatic carbocycles. The Morgan fingerprint density at radius 2 is 1.88 bits per heavy atom. The lowest BCUT2D eigenvalue weighted by molar-refractivity contribution is -0.137. The molecular formula is C21H24O4. The van der Waals surface area contributed by atoms with Gasteiger partial charge in [0.15, 0.2) is 11.5 Å². The highest BCUT2D eigenvalue weighted by Gasteiger charge is 2.10. The normalized spacial score (nSPS) is 10.6. The SMILES string of the molecule is CCOC(=O)/C=C/CCc1cccc(OC)c1OCc1ccccc1. The molecule has 0 fully saturated rings. The third-order valence-corrected chi connectivity index (χ3v) is 3.63. The van der Waals surface area contributed by atoms with Crippen LogP contribution in [0.5, 0.6) is 11.5 Å². The number of methoxy groups -OCH3 is 1. The Bertz CT molecular complexity index is 692. The molecule has 0 radical (unpaired) electrons. The van der Waals surface area contributed by atoms with Crippen LogP contribution in [0.4, 0.5) is 0 Å². The topological polar surface area (TPSA) is 44.8 Å². The first-order valence-electron chi connectivity index (χ1n) is 8.40. The smallest absolute Gasteiger partial charge is 0.330 e. The number of para-hydroxylation sites is 1. The van der Waals surface area contributed by atoms with Crippen molar-refractivity contribution >= 4 is 5.97 Å². The van der Waals surface area contributed by atoms with Gasteiger partial charge < -0.3 is 14.2 Å². The summed E-state index contributed by atoms with van der Waals surface area (Å²) in [5, 5.41) is 0. The Hall–Kier alpha value is -2.75. The molecule has 0 saturated heterocycles. The molecule has 0 amide bonds. The summed E-state index contributed by atoms with van der Waals surface area (Å²) >= 11 is 0. The summed E-state index contributed by atoms with van der Waals surface area (Å²) in [6.45, 7) is 2.65. The predicted octanol–water partition coefficient (Wildman–Crippen LogP) is 4.33. The Kier molecular flexibility index (Phi) is 7.57. The van der Waals surface area contributed by atoms with Crippen LogP contribution in [0.3, 0.4) is 0 Å². The van der Waals surface area contributed by atoms with E-state index < -0.39 is 0 Å². The van der Waals surface area contributed by atoms with Crippen molar-refractivity contribution in [1.29, 1.82) is 0 Å². The summed E-state index contributed by atoms with van der Waals surface area (Å²) < 4.78 is 16.3. The Labute approximate surface area is 149 Å². The van der Waals surface area contributed by atoms with E-state index in [2.05, 4.69) is 0 Å². The molecule has 0 N–H and O–H groups in total. The average Bonchev–Trinajstić information content (AvgIpc) is 2.64. The monoisotopic (exact) mass is 340 g/mol. The molecule has 2 aromatic rings. The average molecular weight is 340 g/mol. The zero-order valence-corrected chi connectivity index (χ0v) is 14.7. The van der Waals surface area contributed by atoms with E-state index in [0.29, 0.717) is 25.4 Å². The lowest BCUT2D eigenvalue weighted by atomic mass is 10.1. The van der Waals surface area contributed by atoms with Gasteiger partial charge in [0.25, 0.3) is 0 Å². The van der Waals surface area contributed by atoms with Gasteiger partial charge in [0.05, 0.1) is 13.7 Å². The van der Waals surface area contributed by atoms with Crippen LogP contribution >= 0.6 is 0 Å². The molecule has 0 spiro atoms. The number of benzene rings is 2. The minimum absolute atomic E-state index is 0.311. The first-order chi connectivity index (χ1) is 12.2. The highest BCUT2D eigenvalue weighted by atomic mass is 16.5. The Balaban J connectivity index is 2.03. The van der Waals surface area contributed by atoms with Crippen LogP contribution in [0.25, 0.3) is 0 Å². The third kappa shape index (κ3) is 5.99. The Morgan fingerprint density at radius 1 is 1.08 bits per heavy atom. The van der Waals surface area contributed by atoms with E-state index in [9.17, 15) is 4.79 Å². The maximum absolute atomic E-state index is 11.3. The van der Waals surface area contributed by atoms with Crippen molar-refractivity contribution in [1.82, 2.24) is 0 Å². The summed E-state index contributed by atoms with van der Waals surface area (Å²) in [5.41, 5.74) is 2.14. The van der Waals surface area contributed by atoms with Gasteiger partial charge in [-0.1, -0.05) is 48.5 Å². The maximum Gasteiger partial charge on any atom is 0.330 e. The number of esters is 1. The van der Waals surface area contributed by atoms with Gasteiger partial charge in [0.1, 0.15) is 6.61 Å². The van der Waals surface area contributed by atoms with Crippen LogP contribution in [0.15, 0.2) is 60.7 Å². The van der Waals surface area contributed by atoms with E-state index in [4.69, 9.17) is 14.2 Å². The third-order valence-electron chi connectivity index (χ3n) is 3.63. The molecule has 25 heavy (non-hydrogen) atoms. The number of hydrogen-bond acceptors (Lipinski definition) is 4. The lowest BCUT2D eigenvalue weighted by Gasteiger charge is -2.15. The fourth-order valence-electron chi connectivity index (χ4n) is 2.42. The quantitative estimate of drug-likeness (QED) is 0.503. The Morgan fingerprint density at radius 3 is 2.60 bits per heavy atom. The second-order valence-corrected chi connectivity index (χ2v) is 5.42. The van der Waals surface area contributed by atoms with E-state index in [1.807, 2.05) is 54.6 Å². The summed E-state index contributed by atoms with van der Waals surface area (Å²) in [6, 6.07) is 15.9. The van der Waals surface area contributed by atoms with Gasteiger partial charge in [-0.3, -0.25) is 0 Å². The molecule has 4 heteroatoms. The van der Waals surface area contributed by atoms with Crippen molar-refractivity contribution < 1.29 is 19.0 Å². The van der Waals surface area contributed by atoms with Crippen molar-refractivity contribution in [3.05, 3.63) is 71.8 Å². The number of carbonyl (C=O) groups is 1. The lowest BCUT2D eigenvalue weighted by Crippen LogP contribution is -2.01. The van der Waals surface area contributed by atoms with Crippen molar-refractivity contribution in [2.45, 2.75) is 26.4 Å². The predicted molar refractivity (Wildman–Crippen MR) is 97.9 cm³/mol. The number of rotatable bonds is 9. The van der Waals surface area contributed by atoms with Crippen LogP contribution in [-0.4, -0.2) is 19.7 Å². The molecule has 0 bridgehead atoms. The molecule has 132 valence electrons. The molecule has 4 nitrogen and oxygen atoms in total. The van der Waals surface area contributed by atoms with Crippen LogP contribution in [0.1, 0.15) is 24.5 Å². The largest absolute Gasteiger partial charge is 0.493 e. The highest BCUT2D eigenvalue weighted by Crippen LogP contribution is 2.32. The van der Waals surface area contributed by atoms with Crippen LogP contribution in [0.2, 0.25) is 0 Å². The summed E-state index contributed by atoms with van der Waals surface area (Å²) in [5.74, 6) is 1.15. The van der Waals surface area contributed by atoms with Gasteiger partial charge in [-0.15, -0.1) is 0 Å².